The summed E-state index contributed by atoms with van der Waals surface area (Å²) in [6.07, 6.45) is 12.7. The first-order chi connectivity index (χ1) is 27.7. The standard InChI is InChI=1S/C45H58N6O5S/c1-2-3-4-5-6-7-8-9-10-16-41(48)51(30-47)45(55)32-19-17-31(18-20-32)38-26-33-21-22-34(27-39(33)50(38)24-12-11-23-46)43(54)40-28-36(29-42(53)49-56)44(57-40)35-14-13-15-37(52)25-35/h13-15,17-22,25-28,41,52,56H,2-12,16,23-24,29-30,46-48H2,1H3,(H,49,53). The minimum absolute atomic E-state index is 0.0392. The van der Waals surface area contributed by atoms with Gasteiger partial charge in [-0.2, -0.15) is 0 Å². The SMILES string of the molecule is CCCCCCCCCCCC(N)N(CN)C(=O)c1ccc(-c2cc3ccc(C(=O)c4cc(CC(=O)NO)c(-c5cccc(O)c5)s4)cc3n2CCCCN)cc1. The average molecular weight is 795 g/mol. The highest BCUT2D eigenvalue weighted by Gasteiger charge is 2.23. The summed E-state index contributed by atoms with van der Waals surface area (Å²) >= 11 is 1.23. The van der Waals surface area contributed by atoms with Crippen molar-refractivity contribution >= 4 is 39.8 Å². The molecule has 2 heterocycles. The number of aromatic hydroxyl groups is 1. The number of thiophene rings is 1. The largest absolute Gasteiger partial charge is 0.508 e. The second-order valence-electron chi connectivity index (χ2n) is 14.7. The predicted octanol–water partition coefficient (Wildman–Crippen LogP) is 8.32. The van der Waals surface area contributed by atoms with Crippen molar-refractivity contribution < 1.29 is 24.7 Å². The molecule has 0 bridgehead atoms. The number of aryl methyl sites for hydroxylation is 1. The maximum Gasteiger partial charge on any atom is 0.256 e. The Bertz CT molecular complexity index is 2090. The van der Waals surface area contributed by atoms with Crippen LogP contribution in [0.15, 0.2) is 78.9 Å². The zero-order valence-electron chi connectivity index (χ0n) is 33.1. The van der Waals surface area contributed by atoms with Crippen LogP contribution in [0.2, 0.25) is 0 Å². The van der Waals surface area contributed by atoms with Crippen molar-refractivity contribution in [2.45, 2.75) is 103 Å². The van der Waals surface area contributed by atoms with Crippen LogP contribution in [0.25, 0.3) is 32.6 Å². The number of hydroxylamine groups is 1. The zero-order valence-corrected chi connectivity index (χ0v) is 33.9. The van der Waals surface area contributed by atoms with Crippen LogP contribution >= 0.6 is 11.3 Å². The summed E-state index contributed by atoms with van der Waals surface area (Å²) < 4.78 is 2.19. The summed E-state index contributed by atoms with van der Waals surface area (Å²) in [5.74, 6) is -0.955. The number of phenols is 1. The van der Waals surface area contributed by atoms with E-state index in [1.165, 1.54) is 56.3 Å². The smallest absolute Gasteiger partial charge is 0.256 e. The molecule has 304 valence electrons. The van der Waals surface area contributed by atoms with Crippen LogP contribution in [0.1, 0.15) is 115 Å². The first kappa shape index (κ1) is 43.3. The molecule has 0 aliphatic heterocycles. The first-order valence-corrected chi connectivity index (χ1v) is 21.1. The van der Waals surface area contributed by atoms with Crippen molar-refractivity contribution in [1.82, 2.24) is 14.9 Å². The lowest BCUT2D eigenvalue weighted by atomic mass is 10.0. The third-order valence-electron chi connectivity index (χ3n) is 10.5. The van der Waals surface area contributed by atoms with Gasteiger partial charge in [0.15, 0.2) is 0 Å². The Morgan fingerprint density at radius 3 is 2.18 bits per heavy atom. The van der Waals surface area contributed by atoms with E-state index in [0.717, 1.165) is 47.8 Å². The number of nitrogens with two attached hydrogens (primary N) is 3. The summed E-state index contributed by atoms with van der Waals surface area (Å²) in [4.78, 5) is 42.4. The van der Waals surface area contributed by atoms with E-state index in [1.54, 1.807) is 46.8 Å². The fourth-order valence-corrected chi connectivity index (χ4v) is 8.49. The van der Waals surface area contributed by atoms with Gasteiger partial charge in [0.1, 0.15) is 5.75 Å². The van der Waals surface area contributed by atoms with Gasteiger partial charge in [0.2, 0.25) is 11.7 Å². The number of unbranched alkanes of at least 4 members (excludes halogenated alkanes) is 9. The first-order valence-electron chi connectivity index (χ1n) is 20.3. The average Bonchev–Trinajstić information content (AvgIpc) is 3.81. The number of nitrogens with one attached hydrogen (secondary N) is 1. The minimum Gasteiger partial charge on any atom is -0.508 e. The molecular formula is C45H58N6O5S. The van der Waals surface area contributed by atoms with E-state index in [-0.39, 0.29) is 30.5 Å². The Balaban J connectivity index is 1.35. The molecule has 9 N–H and O–H groups in total. The minimum atomic E-state index is -0.612. The number of phenolic OH excluding ortho intramolecular Hbond substituents is 1. The van der Waals surface area contributed by atoms with Crippen molar-refractivity contribution in [3.05, 3.63) is 100 Å². The molecule has 5 rings (SSSR count). The van der Waals surface area contributed by atoms with E-state index in [2.05, 4.69) is 17.6 Å². The van der Waals surface area contributed by atoms with Gasteiger partial charge in [-0.1, -0.05) is 101 Å². The number of hydrogen-bond acceptors (Lipinski definition) is 9. The number of carbonyl (C=O) groups excluding carboxylic acids is 3. The monoisotopic (exact) mass is 794 g/mol. The summed E-state index contributed by atoms with van der Waals surface area (Å²) in [7, 11) is 0. The third kappa shape index (κ3) is 11.4. The molecule has 1 atom stereocenters. The number of aromatic nitrogens is 1. The van der Waals surface area contributed by atoms with Crippen molar-refractivity contribution in [3.63, 3.8) is 0 Å². The fourth-order valence-electron chi connectivity index (χ4n) is 7.35. The van der Waals surface area contributed by atoms with E-state index in [9.17, 15) is 24.7 Å². The predicted molar refractivity (Wildman–Crippen MR) is 229 cm³/mol. The lowest BCUT2D eigenvalue weighted by Gasteiger charge is -2.27. The second kappa shape index (κ2) is 21.6. The number of ketones is 1. The third-order valence-corrected chi connectivity index (χ3v) is 11.7. The number of carbonyl (C=O) groups is 3. The number of hydrogen-bond donors (Lipinski definition) is 6. The summed E-state index contributed by atoms with van der Waals surface area (Å²) in [5, 5.41) is 20.3. The summed E-state index contributed by atoms with van der Waals surface area (Å²) in [6, 6.07) is 23.5. The van der Waals surface area contributed by atoms with Crippen LogP contribution in [-0.4, -0.2) is 56.8 Å². The van der Waals surface area contributed by atoms with Crippen molar-refractivity contribution in [1.29, 1.82) is 0 Å². The number of fused-ring (bicyclic) bond motifs is 1. The molecule has 12 heteroatoms. The number of amides is 2. The Kier molecular flexibility index (Phi) is 16.4. The van der Waals surface area contributed by atoms with Crippen LogP contribution < -0.4 is 22.7 Å². The lowest BCUT2D eigenvalue weighted by Crippen LogP contribution is -2.48. The molecule has 0 aliphatic carbocycles. The van der Waals surface area contributed by atoms with Gasteiger partial charge in [0.25, 0.3) is 5.91 Å². The molecular weight excluding hydrogens is 737 g/mol. The van der Waals surface area contributed by atoms with Gasteiger partial charge in [0, 0.05) is 39.1 Å². The van der Waals surface area contributed by atoms with Crippen LogP contribution in [0, 0.1) is 0 Å². The Morgan fingerprint density at radius 1 is 0.807 bits per heavy atom. The van der Waals surface area contributed by atoms with Gasteiger partial charge < -0.3 is 31.8 Å². The molecule has 57 heavy (non-hydrogen) atoms. The number of nitrogens with zero attached hydrogens (tertiary/aromatic N) is 2. The van der Waals surface area contributed by atoms with E-state index in [4.69, 9.17) is 17.2 Å². The Morgan fingerprint density at radius 2 is 1.51 bits per heavy atom. The topological polar surface area (TPSA) is 190 Å². The second-order valence-corrected chi connectivity index (χ2v) is 15.8. The van der Waals surface area contributed by atoms with Crippen LogP contribution in [0.3, 0.4) is 0 Å². The van der Waals surface area contributed by atoms with Crippen molar-refractivity contribution in [2.75, 3.05) is 13.2 Å². The number of rotatable bonds is 23. The molecule has 0 radical (unpaired) electrons. The molecule has 0 saturated carbocycles. The van der Waals surface area contributed by atoms with Crippen molar-refractivity contribution in [2.24, 2.45) is 17.2 Å². The molecule has 11 nitrogen and oxygen atoms in total. The van der Waals surface area contributed by atoms with Gasteiger partial charge >= 0.3 is 0 Å². The van der Waals surface area contributed by atoms with E-state index < -0.39 is 12.1 Å². The van der Waals surface area contributed by atoms with E-state index in [1.807, 2.05) is 36.4 Å². The van der Waals surface area contributed by atoms with E-state index in [0.29, 0.717) is 51.5 Å². The maximum absolute atomic E-state index is 14.1. The van der Waals surface area contributed by atoms with Crippen LogP contribution in [-0.2, 0) is 17.8 Å². The highest BCUT2D eigenvalue weighted by molar-refractivity contribution is 7.17. The molecule has 2 amide bonds. The molecule has 3 aromatic carbocycles. The summed E-state index contributed by atoms with van der Waals surface area (Å²) in [6.45, 7) is 3.50. The highest BCUT2D eigenvalue weighted by atomic mass is 32.1. The fraction of sp³-hybridized carbons (Fsp3) is 0.400. The molecule has 1 unspecified atom stereocenters. The van der Waals surface area contributed by atoms with Gasteiger partial charge in [-0.05, 0) is 85.0 Å². The van der Waals surface area contributed by atoms with Gasteiger partial charge in [-0.25, -0.2) is 5.48 Å². The molecule has 0 fully saturated rings. The highest BCUT2D eigenvalue weighted by Crippen LogP contribution is 2.37. The lowest BCUT2D eigenvalue weighted by molar-refractivity contribution is -0.128. The molecule has 0 aliphatic rings. The van der Waals surface area contributed by atoms with E-state index >= 15 is 0 Å². The Labute approximate surface area is 339 Å². The quantitative estimate of drug-likeness (QED) is 0.0125. The Hall–Kier alpha value is -4.85. The zero-order chi connectivity index (χ0) is 40.7. The van der Waals surface area contributed by atoms with Gasteiger partial charge in [-0.15, -0.1) is 11.3 Å². The van der Waals surface area contributed by atoms with Crippen LogP contribution in [0.5, 0.6) is 5.75 Å². The summed E-state index contributed by atoms with van der Waals surface area (Å²) in [5.41, 5.74) is 25.1. The normalized spacial score (nSPS) is 11.9. The molecule has 0 spiro atoms. The van der Waals surface area contributed by atoms with Crippen molar-refractivity contribution in [3.8, 4) is 27.4 Å². The van der Waals surface area contributed by atoms with Gasteiger partial charge in [-0.3, -0.25) is 19.6 Å². The van der Waals surface area contributed by atoms with Gasteiger partial charge in [0.05, 0.1) is 24.1 Å². The maximum atomic E-state index is 14.1. The van der Waals surface area contributed by atoms with Crippen LogP contribution in [0.4, 0.5) is 0 Å². The number of benzene rings is 3. The molecule has 2 aromatic heterocycles. The molecule has 0 saturated heterocycles. The molecule has 5 aromatic rings.